The highest BCUT2D eigenvalue weighted by Crippen LogP contribution is 2.46. The molecule has 1 aliphatic heterocycles. The van der Waals surface area contributed by atoms with E-state index in [1.54, 1.807) is 11.3 Å². The molecule has 0 fully saturated rings. The van der Waals surface area contributed by atoms with Gasteiger partial charge in [-0.1, -0.05) is 35.9 Å². The van der Waals surface area contributed by atoms with Crippen molar-refractivity contribution in [3.63, 3.8) is 0 Å². The molecule has 0 amide bonds. The molecule has 3 heteroatoms. The highest BCUT2D eigenvalue weighted by atomic mass is 35.5. The Hall–Kier alpha value is -1.25. The first-order chi connectivity index (χ1) is 8.99. The van der Waals surface area contributed by atoms with Crippen molar-refractivity contribution in [3.8, 4) is 0 Å². The van der Waals surface area contributed by atoms with Gasteiger partial charge in [0, 0.05) is 5.56 Å². The lowest BCUT2D eigenvalue weighted by Gasteiger charge is -2.42. The zero-order valence-electron chi connectivity index (χ0n) is 11.3. The number of fused-ring (bicyclic) bond motifs is 1. The summed E-state index contributed by atoms with van der Waals surface area (Å²) in [7, 11) is 0. The quantitative estimate of drug-likeness (QED) is 0.647. The van der Waals surface area contributed by atoms with Crippen molar-refractivity contribution < 1.29 is 0 Å². The first kappa shape index (κ1) is 12.8. The molecule has 2 heterocycles. The summed E-state index contributed by atoms with van der Waals surface area (Å²) in [5, 5.41) is 1.19. The molecule has 0 bridgehead atoms. The van der Waals surface area contributed by atoms with Crippen molar-refractivity contribution in [1.82, 2.24) is 0 Å². The number of nitrogens with zero attached hydrogens (tertiary/aromatic N) is 1. The van der Waals surface area contributed by atoms with Gasteiger partial charge in [-0.15, -0.1) is 11.3 Å². The highest BCUT2D eigenvalue weighted by Gasteiger charge is 2.32. The van der Waals surface area contributed by atoms with E-state index in [0.717, 1.165) is 4.34 Å². The fourth-order valence-electron chi connectivity index (χ4n) is 2.81. The maximum absolute atomic E-state index is 6.10. The molecule has 1 aromatic carbocycles. The number of benzene rings is 1. The fourth-order valence-corrected chi connectivity index (χ4v) is 4.01. The van der Waals surface area contributed by atoms with Crippen molar-refractivity contribution >= 4 is 39.2 Å². The van der Waals surface area contributed by atoms with Gasteiger partial charge in [0.05, 0.1) is 20.6 Å². The molecule has 1 aromatic heterocycles. The maximum Gasteiger partial charge on any atom is 0.0976 e. The summed E-state index contributed by atoms with van der Waals surface area (Å²) in [6.07, 6.45) is 2.32. The topological polar surface area (TPSA) is 3.24 Å². The molecular weight excluding hydrogens is 274 g/mol. The van der Waals surface area contributed by atoms with E-state index in [1.165, 1.54) is 21.8 Å². The van der Waals surface area contributed by atoms with Crippen LogP contribution in [-0.2, 0) is 0 Å². The van der Waals surface area contributed by atoms with E-state index in [-0.39, 0.29) is 5.54 Å². The molecule has 0 unspecified atom stereocenters. The average molecular weight is 290 g/mol. The van der Waals surface area contributed by atoms with E-state index in [9.17, 15) is 0 Å². The third-order valence-corrected chi connectivity index (χ3v) is 4.71. The number of hydrogen-bond donors (Lipinski definition) is 0. The lowest BCUT2D eigenvalue weighted by atomic mass is 9.89. The van der Waals surface area contributed by atoms with E-state index in [4.69, 9.17) is 11.6 Å². The zero-order chi connectivity index (χ0) is 13.6. The van der Waals surface area contributed by atoms with Crippen LogP contribution in [-0.4, -0.2) is 5.54 Å². The van der Waals surface area contributed by atoms with Gasteiger partial charge in [-0.25, -0.2) is 0 Å². The fraction of sp³-hybridized carbons (Fsp3) is 0.250. The Bertz CT molecular complexity index is 654. The molecule has 2 aromatic rings. The normalized spacial score (nSPS) is 17.1. The summed E-state index contributed by atoms with van der Waals surface area (Å²) >= 11 is 7.73. The van der Waals surface area contributed by atoms with Crippen LogP contribution in [0.2, 0.25) is 4.34 Å². The molecule has 0 atom stereocenters. The van der Waals surface area contributed by atoms with Crippen LogP contribution in [0.4, 0.5) is 10.7 Å². The van der Waals surface area contributed by atoms with Crippen LogP contribution in [0.15, 0.2) is 42.5 Å². The van der Waals surface area contributed by atoms with E-state index in [0.29, 0.717) is 0 Å². The van der Waals surface area contributed by atoms with Gasteiger partial charge in [0.2, 0.25) is 0 Å². The van der Waals surface area contributed by atoms with Crippen LogP contribution in [0.3, 0.4) is 0 Å². The molecule has 0 N–H and O–H groups in total. The Morgan fingerprint density at radius 2 is 1.84 bits per heavy atom. The number of allylic oxidation sites excluding steroid dienone is 1. The van der Waals surface area contributed by atoms with Crippen molar-refractivity contribution in [1.29, 1.82) is 0 Å². The van der Waals surface area contributed by atoms with Gasteiger partial charge < -0.3 is 4.90 Å². The third kappa shape index (κ3) is 2.09. The van der Waals surface area contributed by atoms with Crippen LogP contribution in [0.25, 0.3) is 5.57 Å². The standard InChI is InChI=1S/C16H16ClNS/c1-11-10-16(2,3)18(15-9-8-14(17)19-15)13-7-5-4-6-12(11)13/h4-10H,1-3H3. The Labute approximate surface area is 123 Å². The van der Waals surface area contributed by atoms with Gasteiger partial charge in [-0.2, -0.15) is 0 Å². The summed E-state index contributed by atoms with van der Waals surface area (Å²) in [6.45, 7) is 6.65. The van der Waals surface area contributed by atoms with Crippen molar-refractivity contribution in [2.24, 2.45) is 0 Å². The van der Waals surface area contributed by atoms with Crippen molar-refractivity contribution in [2.45, 2.75) is 26.3 Å². The number of halogens is 1. The molecule has 0 radical (unpaired) electrons. The summed E-state index contributed by atoms with van der Waals surface area (Å²) in [6, 6.07) is 12.6. The maximum atomic E-state index is 6.10. The number of hydrogen-bond acceptors (Lipinski definition) is 2. The van der Waals surface area contributed by atoms with E-state index < -0.39 is 0 Å². The molecule has 3 rings (SSSR count). The minimum atomic E-state index is -0.0490. The van der Waals surface area contributed by atoms with Crippen molar-refractivity contribution in [2.75, 3.05) is 4.90 Å². The Morgan fingerprint density at radius 3 is 2.53 bits per heavy atom. The molecule has 0 saturated heterocycles. The van der Waals surface area contributed by atoms with E-state index in [1.807, 2.05) is 6.07 Å². The van der Waals surface area contributed by atoms with Crippen LogP contribution >= 0.6 is 22.9 Å². The molecule has 1 nitrogen and oxygen atoms in total. The minimum absolute atomic E-state index is 0.0490. The minimum Gasteiger partial charge on any atom is -0.324 e. The summed E-state index contributed by atoms with van der Waals surface area (Å²) in [4.78, 5) is 2.37. The molecule has 0 spiro atoms. The van der Waals surface area contributed by atoms with Crippen molar-refractivity contribution in [3.05, 3.63) is 52.4 Å². The molecular formula is C16H16ClNS. The predicted octanol–water partition coefficient (Wildman–Crippen LogP) is 5.74. The Morgan fingerprint density at radius 1 is 1.11 bits per heavy atom. The van der Waals surface area contributed by atoms with Crippen LogP contribution in [0, 0.1) is 0 Å². The summed E-state index contributed by atoms with van der Waals surface area (Å²) in [5.41, 5.74) is 3.84. The average Bonchev–Trinajstić information content (AvgIpc) is 2.74. The van der Waals surface area contributed by atoms with Gasteiger partial charge in [0.15, 0.2) is 0 Å². The first-order valence-electron chi connectivity index (χ1n) is 6.33. The predicted molar refractivity (Wildman–Crippen MR) is 85.6 cm³/mol. The number of anilines is 2. The van der Waals surface area contributed by atoms with Crippen LogP contribution in [0.5, 0.6) is 0 Å². The second-order valence-electron chi connectivity index (χ2n) is 5.41. The Kier molecular flexibility index (Phi) is 2.95. The first-order valence-corrected chi connectivity index (χ1v) is 7.53. The lowest BCUT2D eigenvalue weighted by molar-refractivity contribution is 0.626. The Balaban J connectivity index is 2.22. The smallest absolute Gasteiger partial charge is 0.0976 e. The number of rotatable bonds is 1. The van der Waals surface area contributed by atoms with Gasteiger partial charge >= 0.3 is 0 Å². The van der Waals surface area contributed by atoms with Crippen LogP contribution in [0.1, 0.15) is 26.3 Å². The number of thiophene rings is 1. The van der Waals surface area contributed by atoms with E-state index >= 15 is 0 Å². The summed E-state index contributed by atoms with van der Waals surface area (Å²) in [5.74, 6) is 0. The van der Waals surface area contributed by atoms with Gasteiger partial charge in [0.25, 0.3) is 0 Å². The van der Waals surface area contributed by atoms with E-state index in [2.05, 4.69) is 62.1 Å². The molecule has 1 aliphatic rings. The third-order valence-electron chi connectivity index (χ3n) is 3.50. The second-order valence-corrected chi connectivity index (χ2v) is 7.10. The zero-order valence-corrected chi connectivity index (χ0v) is 12.8. The molecule has 19 heavy (non-hydrogen) atoms. The van der Waals surface area contributed by atoms with Gasteiger partial charge in [-0.05, 0) is 44.5 Å². The molecule has 0 aliphatic carbocycles. The summed E-state index contributed by atoms with van der Waals surface area (Å²) < 4.78 is 0.828. The second kappa shape index (κ2) is 4.39. The van der Waals surface area contributed by atoms with Gasteiger partial charge in [0.1, 0.15) is 0 Å². The highest BCUT2D eigenvalue weighted by molar-refractivity contribution is 7.20. The van der Waals surface area contributed by atoms with Gasteiger partial charge in [-0.3, -0.25) is 0 Å². The molecule has 0 saturated carbocycles. The monoisotopic (exact) mass is 289 g/mol. The van der Waals surface area contributed by atoms with Crippen LogP contribution < -0.4 is 4.90 Å². The largest absolute Gasteiger partial charge is 0.324 e. The SMILES string of the molecule is CC1=CC(C)(C)N(c2ccc(Cl)s2)c2ccccc21. The number of para-hydroxylation sites is 1. The molecule has 98 valence electrons. The lowest BCUT2D eigenvalue weighted by Crippen LogP contribution is -2.41.